The number of anilines is 1. The van der Waals surface area contributed by atoms with E-state index >= 15 is 0 Å². The third-order valence-corrected chi connectivity index (χ3v) is 5.05. The van der Waals surface area contributed by atoms with Gasteiger partial charge in [-0.05, 0) is 47.0 Å². The molecule has 146 valence electrons. The van der Waals surface area contributed by atoms with Gasteiger partial charge in [-0.3, -0.25) is 9.59 Å². The molecule has 1 aliphatic heterocycles. The number of alkyl halides is 1. The Morgan fingerprint density at radius 2 is 2.04 bits per heavy atom. The molecule has 28 heavy (non-hydrogen) atoms. The topological polar surface area (TPSA) is 88.4 Å². The highest BCUT2D eigenvalue weighted by Gasteiger charge is 2.25. The average molecular weight is 485 g/mol. The molecule has 0 aliphatic carbocycles. The van der Waals surface area contributed by atoms with Crippen LogP contribution >= 0.6 is 39.1 Å². The van der Waals surface area contributed by atoms with E-state index in [2.05, 4.69) is 36.7 Å². The lowest BCUT2D eigenvalue weighted by atomic mass is 10.1. The highest BCUT2D eigenvalue weighted by molar-refractivity contribution is 9.10. The van der Waals surface area contributed by atoms with E-state index in [0.717, 1.165) is 0 Å². The number of nitrogens with one attached hydrogen (secondary N) is 2. The molecule has 1 aromatic heterocycles. The Balaban J connectivity index is 2.01. The first-order chi connectivity index (χ1) is 13.3. The zero-order valence-corrected chi connectivity index (χ0v) is 18.1. The Labute approximate surface area is 179 Å². The van der Waals surface area contributed by atoms with Crippen LogP contribution in [0.4, 0.5) is 5.69 Å². The molecule has 0 fully saturated rings. The van der Waals surface area contributed by atoms with Gasteiger partial charge in [0.2, 0.25) is 0 Å². The summed E-state index contributed by atoms with van der Waals surface area (Å²) in [5.74, 6) is -0.382. The van der Waals surface area contributed by atoms with Crippen molar-refractivity contribution in [2.75, 3.05) is 12.4 Å². The number of benzene rings is 1. The van der Waals surface area contributed by atoms with Crippen LogP contribution in [0.25, 0.3) is 0 Å². The van der Waals surface area contributed by atoms with Crippen molar-refractivity contribution in [2.24, 2.45) is 4.99 Å². The maximum atomic E-state index is 13.0. The molecule has 2 N–H and O–H groups in total. The summed E-state index contributed by atoms with van der Waals surface area (Å²) in [7, 11) is 1.51. The molecule has 0 saturated carbocycles. The number of hydrogen-bond donors (Lipinski definition) is 2. The Kier molecular flexibility index (Phi) is 6.22. The van der Waals surface area contributed by atoms with Crippen LogP contribution in [0.3, 0.4) is 0 Å². The molecule has 1 unspecified atom stereocenters. The largest absolute Gasteiger partial charge is 0.355 e. The van der Waals surface area contributed by atoms with E-state index in [-0.39, 0.29) is 17.2 Å². The van der Waals surface area contributed by atoms with Crippen molar-refractivity contribution in [3.05, 3.63) is 56.9 Å². The first-order valence-corrected chi connectivity index (χ1v) is 9.89. The Hall–Kier alpha value is -2.16. The van der Waals surface area contributed by atoms with E-state index in [4.69, 9.17) is 23.2 Å². The zero-order valence-electron chi connectivity index (χ0n) is 15.0. The lowest BCUT2D eigenvalue weighted by molar-refractivity contribution is 0.0964. The summed E-state index contributed by atoms with van der Waals surface area (Å²) in [6.07, 6.45) is 4.04. The molecule has 7 nitrogen and oxygen atoms in total. The van der Waals surface area contributed by atoms with Crippen molar-refractivity contribution in [3.63, 3.8) is 0 Å². The molecule has 1 atom stereocenters. The number of amides is 2. The SMILES string of the molecule is CNC(=O)c1cc(Cl)cc(C)c1NC(=O)c1cc(Br)nn1C1=NC=CCC1Cl. The molecular formula is C18H16BrCl2N5O2. The monoisotopic (exact) mass is 483 g/mol. The second kappa shape index (κ2) is 8.46. The minimum atomic E-state index is -0.463. The second-order valence-corrected chi connectivity index (χ2v) is 7.79. The van der Waals surface area contributed by atoms with Crippen LogP contribution in [-0.2, 0) is 0 Å². The van der Waals surface area contributed by atoms with E-state index < -0.39 is 11.3 Å². The molecule has 10 heteroatoms. The molecule has 0 saturated heterocycles. The number of aliphatic imine (C=N–C) groups is 1. The van der Waals surface area contributed by atoms with Gasteiger partial charge in [-0.25, -0.2) is 9.67 Å². The molecule has 0 radical (unpaired) electrons. The number of allylic oxidation sites excluding steroid dienone is 1. The maximum absolute atomic E-state index is 13.0. The Bertz CT molecular complexity index is 1020. The summed E-state index contributed by atoms with van der Waals surface area (Å²) < 4.78 is 1.85. The Morgan fingerprint density at radius 3 is 2.71 bits per heavy atom. The molecule has 0 spiro atoms. The van der Waals surface area contributed by atoms with E-state index in [1.54, 1.807) is 25.3 Å². The van der Waals surface area contributed by atoms with Crippen molar-refractivity contribution in [1.82, 2.24) is 15.1 Å². The summed E-state index contributed by atoms with van der Waals surface area (Å²) >= 11 is 15.7. The van der Waals surface area contributed by atoms with Crippen LogP contribution < -0.4 is 10.6 Å². The van der Waals surface area contributed by atoms with Gasteiger partial charge in [0.05, 0.1) is 16.6 Å². The number of carbonyl (C=O) groups excluding carboxylic acids is 2. The maximum Gasteiger partial charge on any atom is 0.274 e. The van der Waals surface area contributed by atoms with Gasteiger partial charge in [0.1, 0.15) is 16.1 Å². The zero-order chi connectivity index (χ0) is 20.4. The third-order valence-electron chi connectivity index (χ3n) is 4.08. The molecular weight excluding hydrogens is 469 g/mol. The van der Waals surface area contributed by atoms with Crippen LogP contribution in [0.2, 0.25) is 5.02 Å². The van der Waals surface area contributed by atoms with Crippen molar-refractivity contribution in [2.45, 2.75) is 18.7 Å². The number of nitrogens with zero attached hydrogens (tertiary/aromatic N) is 3. The van der Waals surface area contributed by atoms with E-state index in [1.165, 1.54) is 17.8 Å². The highest BCUT2D eigenvalue weighted by atomic mass is 79.9. The molecule has 1 aliphatic rings. The average Bonchev–Trinajstić information content (AvgIpc) is 3.05. The minimum absolute atomic E-state index is 0.226. The summed E-state index contributed by atoms with van der Waals surface area (Å²) in [5, 5.41) is 9.60. The highest BCUT2D eigenvalue weighted by Crippen LogP contribution is 2.27. The van der Waals surface area contributed by atoms with Crippen molar-refractivity contribution in [3.8, 4) is 0 Å². The van der Waals surface area contributed by atoms with Gasteiger partial charge in [-0.15, -0.1) is 11.6 Å². The van der Waals surface area contributed by atoms with Gasteiger partial charge in [-0.2, -0.15) is 5.10 Å². The predicted octanol–water partition coefficient (Wildman–Crippen LogP) is 3.99. The van der Waals surface area contributed by atoms with Crippen LogP contribution in [0.5, 0.6) is 0 Å². The van der Waals surface area contributed by atoms with Crippen molar-refractivity contribution >= 4 is 62.5 Å². The fourth-order valence-electron chi connectivity index (χ4n) is 2.77. The number of carbonyl (C=O) groups is 2. The van der Waals surface area contributed by atoms with Gasteiger partial charge < -0.3 is 10.6 Å². The standard InChI is InChI=1S/C18H16BrCl2N5O2/c1-9-6-10(20)7-11(17(27)22-2)15(9)24-18(28)13-8-14(19)25-26(13)16-12(21)4-3-5-23-16/h3,5-8,12H,4H2,1-2H3,(H,22,27)(H,24,28). The molecule has 0 bridgehead atoms. The lowest BCUT2D eigenvalue weighted by Crippen LogP contribution is -2.30. The molecule has 1 aromatic carbocycles. The predicted molar refractivity (Wildman–Crippen MR) is 114 cm³/mol. The van der Waals surface area contributed by atoms with Crippen LogP contribution in [0.15, 0.2) is 40.1 Å². The summed E-state index contributed by atoms with van der Waals surface area (Å²) in [5.41, 5.74) is 1.51. The number of aryl methyl sites for hydroxylation is 1. The lowest BCUT2D eigenvalue weighted by Gasteiger charge is -2.17. The van der Waals surface area contributed by atoms with E-state index in [0.29, 0.717) is 33.1 Å². The van der Waals surface area contributed by atoms with Crippen molar-refractivity contribution in [1.29, 1.82) is 0 Å². The van der Waals surface area contributed by atoms with Gasteiger partial charge >= 0.3 is 0 Å². The van der Waals surface area contributed by atoms with E-state index in [9.17, 15) is 9.59 Å². The molecule has 2 heterocycles. The summed E-state index contributed by atoms with van der Waals surface area (Å²) in [6.45, 7) is 1.76. The molecule has 2 amide bonds. The molecule has 2 aromatic rings. The normalized spacial score (nSPS) is 15.9. The summed E-state index contributed by atoms with van der Waals surface area (Å²) in [6, 6.07) is 4.73. The van der Waals surface area contributed by atoms with Crippen LogP contribution in [0, 0.1) is 6.92 Å². The summed E-state index contributed by atoms with van der Waals surface area (Å²) in [4.78, 5) is 29.5. The Morgan fingerprint density at radius 1 is 1.29 bits per heavy atom. The smallest absolute Gasteiger partial charge is 0.274 e. The number of hydrogen-bond acceptors (Lipinski definition) is 4. The van der Waals surface area contributed by atoms with Crippen LogP contribution in [-0.4, -0.2) is 39.9 Å². The quantitative estimate of drug-likeness (QED) is 0.645. The first kappa shape index (κ1) is 20.6. The fraction of sp³-hybridized carbons (Fsp3) is 0.222. The number of aromatic nitrogens is 2. The fourth-order valence-corrected chi connectivity index (χ4v) is 3.67. The third kappa shape index (κ3) is 4.14. The first-order valence-electron chi connectivity index (χ1n) is 8.28. The number of halogens is 3. The van der Waals surface area contributed by atoms with Gasteiger partial charge in [0.25, 0.3) is 11.8 Å². The van der Waals surface area contributed by atoms with E-state index in [1.807, 2.05) is 6.08 Å². The number of rotatable bonds is 3. The second-order valence-electron chi connectivity index (χ2n) is 6.02. The van der Waals surface area contributed by atoms with Crippen molar-refractivity contribution < 1.29 is 9.59 Å². The van der Waals surface area contributed by atoms with Crippen LogP contribution in [0.1, 0.15) is 32.8 Å². The van der Waals surface area contributed by atoms with Gasteiger partial charge in [0, 0.05) is 24.3 Å². The van der Waals surface area contributed by atoms with Gasteiger partial charge in [-0.1, -0.05) is 17.7 Å². The minimum Gasteiger partial charge on any atom is -0.355 e. The molecule has 3 rings (SSSR count). The van der Waals surface area contributed by atoms with Gasteiger partial charge in [0.15, 0.2) is 0 Å².